The van der Waals surface area contributed by atoms with E-state index in [1.807, 2.05) is 30.3 Å². The van der Waals surface area contributed by atoms with Gasteiger partial charge in [-0.1, -0.05) is 30.3 Å². The fourth-order valence-corrected chi connectivity index (χ4v) is 2.69. The average Bonchev–Trinajstić information content (AvgIpc) is 2.73. The highest BCUT2D eigenvalue weighted by Crippen LogP contribution is 2.18. The molecule has 28 heavy (non-hydrogen) atoms. The number of carbonyl (C=O) groups is 2. The SMILES string of the molecule is COc1ccccc1CNC(=O)c1ccc(Nc2cccc(C(C)=O)c2)nc1. The van der Waals surface area contributed by atoms with E-state index in [1.54, 1.807) is 37.4 Å². The van der Waals surface area contributed by atoms with Crippen molar-refractivity contribution in [2.75, 3.05) is 12.4 Å². The van der Waals surface area contributed by atoms with Crippen LogP contribution in [0.3, 0.4) is 0 Å². The molecule has 6 heteroatoms. The predicted molar refractivity (Wildman–Crippen MR) is 108 cm³/mol. The van der Waals surface area contributed by atoms with Gasteiger partial charge >= 0.3 is 0 Å². The molecule has 0 atom stereocenters. The predicted octanol–water partition coefficient (Wildman–Crippen LogP) is 3.97. The lowest BCUT2D eigenvalue weighted by Crippen LogP contribution is -2.23. The second-order valence-electron chi connectivity index (χ2n) is 6.19. The molecule has 1 heterocycles. The van der Waals surface area contributed by atoms with E-state index in [9.17, 15) is 9.59 Å². The smallest absolute Gasteiger partial charge is 0.253 e. The van der Waals surface area contributed by atoms with E-state index in [2.05, 4.69) is 15.6 Å². The Labute approximate surface area is 163 Å². The summed E-state index contributed by atoms with van der Waals surface area (Å²) in [5.74, 6) is 1.09. The van der Waals surface area contributed by atoms with Gasteiger partial charge in [-0.25, -0.2) is 4.98 Å². The quantitative estimate of drug-likeness (QED) is 0.611. The molecule has 0 aliphatic rings. The number of anilines is 2. The first-order chi connectivity index (χ1) is 13.6. The van der Waals surface area contributed by atoms with Crippen LogP contribution in [-0.4, -0.2) is 23.8 Å². The number of aromatic nitrogens is 1. The Balaban J connectivity index is 1.63. The highest BCUT2D eigenvalue weighted by molar-refractivity contribution is 5.95. The number of carbonyl (C=O) groups excluding carboxylic acids is 2. The fraction of sp³-hybridized carbons (Fsp3) is 0.136. The van der Waals surface area contributed by atoms with Gasteiger partial charge in [-0.05, 0) is 37.3 Å². The maximum Gasteiger partial charge on any atom is 0.253 e. The Hall–Kier alpha value is -3.67. The van der Waals surface area contributed by atoms with Crippen LogP contribution in [0.15, 0.2) is 66.9 Å². The molecule has 0 saturated heterocycles. The first-order valence-corrected chi connectivity index (χ1v) is 8.81. The number of ketones is 1. The zero-order chi connectivity index (χ0) is 19.9. The van der Waals surface area contributed by atoms with Crippen LogP contribution in [0.5, 0.6) is 5.75 Å². The summed E-state index contributed by atoms with van der Waals surface area (Å²) >= 11 is 0. The maximum atomic E-state index is 12.4. The van der Waals surface area contributed by atoms with E-state index >= 15 is 0 Å². The van der Waals surface area contributed by atoms with E-state index in [-0.39, 0.29) is 11.7 Å². The molecule has 3 rings (SSSR count). The van der Waals surface area contributed by atoms with Crippen LogP contribution < -0.4 is 15.4 Å². The maximum absolute atomic E-state index is 12.4. The number of methoxy groups -OCH3 is 1. The third kappa shape index (κ3) is 4.73. The molecule has 0 spiro atoms. The first-order valence-electron chi connectivity index (χ1n) is 8.81. The fourth-order valence-electron chi connectivity index (χ4n) is 2.69. The number of Topliss-reactive ketones (excluding diaryl/α,β-unsaturated/α-hetero) is 1. The van der Waals surface area contributed by atoms with Crippen LogP contribution in [0.25, 0.3) is 0 Å². The third-order valence-electron chi connectivity index (χ3n) is 4.20. The number of rotatable bonds is 7. The van der Waals surface area contributed by atoms with Crippen molar-refractivity contribution < 1.29 is 14.3 Å². The molecule has 3 aromatic rings. The Morgan fingerprint density at radius 3 is 2.54 bits per heavy atom. The lowest BCUT2D eigenvalue weighted by Gasteiger charge is -2.10. The van der Waals surface area contributed by atoms with Crippen molar-refractivity contribution in [2.24, 2.45) is 0 Å². The van der Waals surface area contributed by atoms with Crippen molar-refractivity contribution in [1.29, 1.82) is 0 Å². The van der Waals surface area contributed by atoms with Gasteiger partial charge in [-0.2, -0.15) is 0 Å². The number of nitrogens with zero attached hydrogens (tertiary/aromatic N) is 1. The number of pyridine rings is 1. The molecule has 0 fully saturated rings. The topological polar surface area (TPSA) is 80.3 Å². The Kier molecular flexibility index (Phi) is 6.01. The molecule has 6 nitrogen and oxygen atoms in total. The van der Waals surface area contributed by atoms with Gasteiger partial charge in [0.25, 0.3) is 5.91 Å². The summed E-state index contributed by atoms with van der Waals surface area (Å²) in [6.07, 6.45) is 1.51. The van der Waals surface area contributed by atoms with Crippen molar-refractivity contribution in [2.45, 2.75) is 13.5 Å². The minimum absolute atomic E-state index is 0.00123. The van der Waals surface area contributed by atoms with Gasteiger partial charge in [0.1, 0.15) is 11.6 Å². The lowest BCUT2D eigenvalue weighted by atomic mass is 10.1. The average molecular weight is 375 g/mol. The zero-order valence-electron chi connectivity index (χ0n) is 15.7. The molecular weight excluding hydrogens is 354 g/mol. The molecule has 1 amide bonds. The second-order valence-corrected chi connectivity index (χ2v) is 6.19. The molecule has 0 radical (unpaired) electrons. The van der Waals surface area contributed by atoms with E-state index < -0.39 is 0 Å². The molecule has 0 saturated carbocycles. The standard InChI is InChI=1S/C22H21N3O3/c1-15(26)16-7-5-8-19(12-16)25-21-11-10-18(14-23-21)22(27)24-13-17-6-3-4-9-20(17)28-2/h3-12,14H,13H2,1-2H3,(H,23,25)(H,24,27). The van der Waals surface area contributed by atoms with Crippen LogP contribution in [-0.2, 0) is 6.54 Å². The summed E-state index contributed by atoms with van der Waals surface area (Å²) in [5, 5.41) is 5.99. The number of nitrogens with one attached hydrogen (secondary N) is 2. The van der Waals surface area contributed by atoms with E-state index in [0.29, 0.717) is 23.5 Å². The number of benzene rings is 2. The van der Waals surface area contributed by atoms with E-state index in [0.717, 1.165) is 17.0 Å². The first kappa shape index (κ1) is 19.1. The third-order valence-corrected chi connectivity index (χ3v) is 4.20. The van der Waals surface area contributed by atoms with Gasteiger partial charge in [-0.15, -0.1) is 0 Å². The van der Waals surface area contributed by atoms with Crippen molar-refractivity contribution in [3.63, 3.8) is 0 Å². The molecule has 0 aliphatic heterocycles. The molecule has 1 aromatic heterocycles. The van der Waals surface area contributed by atoms with Crippen molar-refractivity contribution in [3.05, 3.63) is 83.6 Å². The summed E-state index contributed by atoms with van der Waals surface area (Å²) in [6, 6.07) is 18.1. The van der Waals surface area contributed by atoms with Crippen LogP contribution >= 0.6 is 0 Å². The summed E-state index contributed by atoms with van der Waals surface area (Å²) < 4.78 is 5.29. The van der Waals surface area contributed by atoms with Crippen LogP contribution in [0.2, 0.25) is 0 Å². The number of para-hydroxylation sites is 1. The number of amides is 1. The Morgan fingerprint density at radius 2 is 1.82 bits per heavy atom. The highest BCUT2D eigenvalue weighted by atomic mass is 16.5. The molecule has 2 aromatic carbocycles. The van der Waals surface area contributed by atoms with Gasteiger partial charge in [0, 0.05) is 29.6 Å². The van der Waals surface area contributed by atoms with Crippen LogP contribution in [0, 0.1) is 0 Å². The number of hydrogen-bond acceptors (Lipinski definition) is 5. The van der Waals surface area contributed by atoms with Crippen molar-refractivity contribution in [3.8, 4) is 5.75 Å². The Bertz CT molecular complexity index is 984. The summed E-state index contributed by atoms with van der Waals surface area (Å²) in [6.45, 7) is 1.89. The van der Waals surface area contributed by atoms with Gasteiger partial charge in [-0.3, -0.25) is 9.59 Å². The normalized spacial score (nSPS) is 10.2. The highest BCUT2D eigenvalue weighted by Gasteiger charge is 2.08. The molecule has 2 N–H and O–H groups in total. The summed E-state index contributed by atoms with van der Waals surface area (Å²) in [5.41, 5.74) is 2.73. The zero-order valence-corrected chi connectivity index (χ0v) is 15.7. The second kappa shape index (κ2) is 8.81. The monoisotopic (exact) mass is 375 g/mol. The van der Waals surface area contributed by atoms with Gasteiger partial charge in [0.05, 0.1) is 12.7 Å². The van der Waals surface area contributed by atoms with E-state index in [4.69, 9.17) is 4.74 Å². The van der Waals surface area contributed by atoms with Gasteiger partial charge in [0.15, 0.2) is 5.78 Å². The Morgan fingerprint density at radius 1 is 1.00 bits per heavy atom. The molecule has 0 aliphatic carbocycles. The molecule has 0 bridgehead atoms. The summed E-state index contributed by atoms with van der Waals surface area (Å²) in [7, 11) is 1.60. The minimum Gasteiger partial charge on any atom is -0.496 e. The molecule has 142 valence electrons. The van der Waals surface area contributed by atoms with Crippen molar-refractivity contribution >= 4 is 23.2 Å². The minimum atomic E-state index is -0.219. The number of ether oxygens (including phenoxy) is 1. The number of hydrogen-bond donors (Lipinski definition) is 2. The molecule has 0 unspecified atom stereocenters. The van der Waals surface area contributed by atoms with Crippen LogP contribution in [0.1, 0.15) is 33.2 Å². The van der Waals surface area contributed by atoms with Crippen molar-refractivity contribution in [1.82, 2.24) is 10.3 Å². The van der Waals surface area contributed by atoms with Crippen LogP contribution in [0.4, 0.5) is 11.5 Å². The lowest BCUT2D eigenvalue weighted by molar-refractivity contribution is 0.0949. The largest absolute Gasteiger partial charge is 0.496 e. The summed E-state index contributed by atoms with van der Waals surface area (Å²) in [4.78, 5) is 28.1. The van der Waals surface area contributed by atoms with E-state index in [1.165, 1.54) is 13.1 Å². The molecular formula is C22H21N3O3. The van der Waals surface area contributed by atoms with Gasteiger partial charge in [0.2, 0.25) is 0 Å². The van der Waals surface area contributed by atoms with Gasteiger partial charge < -0.3 is 15.4 Å².